The lowest BCUT2D eigenvalue weighted by atomic mass is 9.83. The van der Waals surface area contributed by atoms with Crippen LogP contribution in [0.2, 0.25) is 0 Å². The first-order chi connectivity index (χ1) is 11.8. The van der Waals surface area contributed by atoms with Gasteiger partial charge in [0.1, 0.15) is 0 Å². The molecule has 0 fully saturated rings. The minimum atomic E-state index is -0.330. The van der Waals surface area contributed by atoms with Gasteiger partial charge in [-0.3, -0.25) is 0 Å². The molecule has 0 spiro atoms. The van der Waals surface area contributed by atoms with Gasteiger partial charge in [-0.15, -0.1) is 0 Å². The predicted octanol–water partition coefficient (Wildman–Crippen LogP) is 4.94. The van der Waals surface area contributed by atoms with Crippen molar-refractivity contribution in [3.8, 4) is 0 Å². The van der Waals surface area contributed by atoms with E-state index in [2.05, 4.69) is 72.8 Å². The molecular weight excluding hydrogens is 292 g/mol. The fraction of sp³-hybridized carbons (Fsp3) is 0.130. The average molecular weight is 308 g/mol. The third kappa shape index (κ3) is 1.44. The number of aliphatic hydroxyl groups is 1. The zero-order valence-electron chi connectivity index (χ0n) is 13.1. The molecule has 0 atom stereocenters. The minimum Gasteiger partial charge on any atom is -0.391 e. The lowest BCUT2D eigenvalue weighted by Gasteiger charge is -2.20. The van der Waals surface area contributed by atoms with Crippen LogP contribution in [-0.2, 0) is 0 Å². The van der Waals surface area contributed by atoms with E-state index in [4.69, 9.17) is 0 Å². The van der Waals surface area contributed by atoms with Gasteiger partial charge in [0, 0.05) is 11.8 Å². The standard InChI is InChI=1S/C23H16O/c24-23-21-17-9-13-5-1-2-6-14(13)10-18(17)22(23)20-12-16-8-4-3-7-15(16)11-19(20)21/h1-12,21-24H. The van der Waals surface area contributed by atoms with Gasteiger partial charge in [-0.25, -0.2) is 0 Å². The summed E-state index contributed by atoms with van der Waals surface area (Å²) in [6, 6.07) is 26.1. The Kier molecular flexibility index (Phi) is 2.26. The molecule has 0 saturated carbocycles. The summed E-state index contributed by atoms with van der Waals surface area (Å²) in [5, 5.41) is 16.0. The van der Waals surface area contributed by atoms with Crippen molar-refractivity contribution in [3.63, 3.8) is 0 Å². The van der Waals surface area contributed by atoms with Gasteiger partial charge >= 0.3 is 0 Å². The lowest BCUT2D eigenvalue weighted by Crippen LogP contribution is -2.10. The van der Waals surface area contributed by atoms with E-state index in [1.165, 1.54) is 43.8 Å². The molecule has 0 heterocycles. The Hall–Kier alpha value is -2.64. The second-order valence-corrected chi connectivity index (χ2v) is 7.10. The van der Waals surface area contributed by atoms with Gasteiger partial charge in [-0.05, 0) is 43.8 Å². The Morgan fingerprint density at radius 2 is 0.792 bits per heavy atom. The molecule has 114 valence electrons. The molecule has 2 aliphatic carbocycles. The Morgan fingerprint density at radius 1 is 0.500 bits per heavy atom. The van der Waals surface area contributed by atoms with Crippen molar-refractivity contribution < 1.29 is 5.11 Å². The van der Waals surface area contributed by atoms with Gasteiger partial charge in [0.2, 0.25) is 0 Å². The molecule has 4 aromatic carbocycles. The van der Waals surface area contributed by atoms with Gasteiger partial charge < -0.3 is 5.11 Å². The average Bonchev–Trinajstić information content (AvgIpc) is 3.05. The molecule has 6 rings (SSSR count). The molecule has 0 aromatic heterocycles. The SMILES string of the molecule is OC1C2c3cc4ccccc4cc3C1c1cc3ccccc3cc12. The highest BCUT2D eigenvalue weighted by Crippen LogP contribution is 2.57. The second kappa shape index (κ2) is 4.25. The second-order valence-electron chi connectivity index (χ2n) is 7.10. The van der Waals surface area contributed by atoms with E-state index >= 15 is 0 Å². The number of aliphatic hydroxyl groups excluding tert-OH is 1. The monoisotopic (exact) mass is 308 g/mol. The van der Waals surface area contributed by atoms with Crippen molar-refractivity contribution in [2.24, 2.45) is 0 Å². The summed E-state index contributed by atoms with van der Waals surface area (Å²) in [6.07, 6.45) is -0.330. The molecular formula is C23H16O. The van der Waals surface area contributed by atoms with Crippen LogP contribution in [-0.4, -0.2) is 11.2 Å². The molecule has 0 saturated heterocycles. The lowest BCUT2D eigenvalue weighted by molar-refractivity contribution is 0.166. The molecule has 0 aliphatic heterocycles. The summed E-state index contributed by atoms with van der Waals surface area (Å²) in [7, 11) is 0. The van der Waals surface area contributed by atoms with Crippen molar-refractivity contribution in [1.82, 2.24) is 0 Å². The predicted molar refractivity (Wildman–Crippen MR) is 97.6 cm³/mol. The first-order valence-electron chi connectivity index (χ1n) is 8.54. The zero-order valence-corrected chi connectivity index (χ0v) is 13.1. The summed E-state index contributed by atoms with van der Waals surface area (Å²) in [4.78, 5) is 0. The van der Waals surface area contributed by atoms with E-state index < -0.39 is 0 Å². The fourth-order valence-corrected chi connectivity index (χ4v) is 4.89. The van der Waals surface area contributed by atoms with Crippen LogP contribution in [0.5, 0.6) is 0 Å². The maximum absolute atomic E-state index is 11.0. The van der Waals surface area contributed by atoms with Crippen LogP contribution in [0.1, 0.15) is 34.1 Å². The van der Waals surface area contributed by atoms with Crippen LogP contribution in [0.4, 0.5) is 0 Å². The van der Waals surface area contributed by atoms with E-state index in [-0.39, 0.29) is 17.9 Å². The van der Waals surface area contributed by atoms with Gasteiger partial charge in [-0.2, -0.15) is 0 Å². The molecule has 0 amide bonds. The van der Waals surface area contributed by atoms with Crippen LogP contribution >= 0.6 is 0 Å². The topological polar surface area (TPSA) is 20.2 Å². The molecule has 2 bridgehead atoms. The Morgan fingerprint density at radius 3 is 1.08 bits per heavy atom. The number of hydrogen-bond acceptors (Lipinski definition) is 1. The van der Waals surface area contributed by atoms with Crippen LogP contribution < -0.4 is 0 Å². The van der Waals surface area contributed by atoms with Crippen molar-refractivity contribution >= 4 is 21.5 Å². The van der Waals surface area contributed by atoms with E-state index in [1.54, 1.807) is 0 Å². The largest absolute Gasteiger partial charge is 0.391 e. The fourth-order valence-electron chi connectivity index (χ4n) is 4.89. The van der Waals surface area contributed by atoms with Crippen molar-refractivity contribution in [2.45, 2.75) is 17.9 Å². The Bertz CT molecular complexity index is 965. The van der Waals surface area contributed by atoms with Crippen LogP contribution in [0.15, 0.2) is 72.8 Å². The highest BCUT2D eigenvalue weighted by molar-refractivity contribution is 5.89. The molecule has 2 aliphatic rings. The molecule has 1 nitrogen and oxygen atoms in total. The molecule has 24 heavy (non-hydrogen) atoms. The van der Waals surface area contributed by atoms with E-state index in [9.17, 15) is 5.11 Å². The normalized spacial score (nSPS) is 23.6. The summed E-state index contributed by atoms with van der Waals surface area (Å²) in [6.45, 7) is 0. The van der Waals surface area contributed by atoms with Gasteiger partial charge in [-0.1, -0.05) is 72.8 Å². The molecule has 1 heteroatoms. The summed E-state index contributed by atoms with van der Waals surface area (Å²) in [5.41, 5.74) is 5.26. The molecule has 1 N–H and O–H groups in total. The van der Waals surface area contributed by atoms with Gasteiger partial charge in [0.15, 0.2) is 0 Å². The van der Waals surface area contributed by atoms with Crippen molar-refractivity contribution in [1.29, 1.82) is 0 Å². The van der Waals surface area contributed by atoms with E-state index in [1.807, 2.05) is 0 Å². The third-order valence-corrected chi connectivity index (χ3v) is 5.93. The van der Waals surface area contributed by atoms with Crippen LogP contribution in [0.25, 0.3) is 21.5 Å². The maximum Gasteiger partial charge on any atom is 0.0758 e. The highest BCUT2D eigenvalue weighted by Gasteiger charge is 2.49. The van der Waals surface area contributed by atoms with E-state index in [0.717, 1.165) is 0 Å². The number of hydrogen-bond donors (Lipinski definition) is 1. The summed E-state index contributed by atoms with van der Waals surface area (Å²) in [5.74, 6) is 0.239. The molecule has 4 aromatic rings. The minimum absolute atomic E-state index is 0.120. The number of benzene rings is 4. The summed E-state index contributed by atoms with van der Waals surface area (Å²) >= 11 is 0. The number of rotatable bonds is 0. The van der Waals surface area contributed by atoms with Crippen LogP contribution in [0.3, 0.4) is 0 Å². The highest BCUT2D eigenvalue weighted by atomic mass is 16.3. The Balaban J connectivity index is 1.67. The quantitative estimate of drug-likeness (QED) is 0.487. The first kappa shape index (κ1) is 12.7. The summed E-state index contributed by atoms with van der Waals surface area (Å²) < 4.78 is 0. The molecule has 0 unspecified atom stereocenters. The smallest absolute Gasteiger partial charge is 0.0758 e. The molecule has 0 radical (unpaired) electrons. The van der Waals surface area contributed by atoms with Crippen molar-refractivity contribution in [2.75, 3.05) is 0 Å². The Labute approximate surface area is 140 Å². The third-order valence-electron chi connectivity index (χ3n) is 5.93. The van der Waals surface area contributed by atoms with Crippen molar-refractivity contribution in [3.05, 3.63) is 95.1 Å². The van der Waals surface area contributed by atoms with Gasteiger partial charge in [0.25, 0.3) is 0 Å². The number of fused-ring (bicyclic) bond motifs is 10. The van der Waals surface area contributed by atoms with Gasteiger partial charge in [0.05, 0.1) is 6.10 Å². The first-order valence-corrected chi connectivity index (χ1v) is 8.54. The van der Waals surface area contributed by atoms with E-state index in [0.29, 0.717) is 0 Å². The van der Waals surface area contributed by atoms with Crippen LogP contribution in [0, 0.1) is 0 Å². The maximum atomic E-state index is 11.0. The zero-order chi connectivity index (χ0) is 15.8.